The highest BCUT2D eigenvalue weighted by Gasteiger charge is 2.49. The zero-order chi connectivity index (χ0) is 41.2. The fourth-order valence-corrected chi connectivity index (χ4v) is 7.75. The van der Waals surface area contributed by atoms with Crippen molar-refractivity contribution in [3.63, 3.8) is 0 Å². The van der Waals surface area contributed by atoms with Gasteiger partial charge >= 0.3 is 22.2 Å². The Kier molecular flexibility index (Phi) is 12.7. The van der Waals surface area contributed by atoms with Gasteiger partial charge < -0.3 is 18.4 Å². The number of fused-ring (bicyclic) bond motifs is 6. The van der Waals surface area contributed by atoms with E-state index in [-0.39, 0.29) is 17.1 Å². The third-order valence-corrected chi connectivity index (χ3v) is 11.0. The van der Waals surface area contributed by atoms with Crippen LogP contribution in [0.15, 0.2) is 60.7 Å². The van der Waals surface area contributed by atoms with Gasteiger partial charge in [-0.05, 0) is 114 Å². The second-order valence-electron chi connectivity index (χ2n) is 15.5. The van der Waals surface area contributed by atoms with Crippen LogP contribution in [0.4, 0.5) is 22.0 Å². The summed E-state index contributed by atoms with van der Waals surface area (Å²) in [4.78, 5) is 0. The molecule has 304 valence electrons. The number of rotatable bonds is 12. The van der Waals surface area contributed by atoms with Crippen LogP contribution >= 0.6 is 0 Å². The van der Waals surface area contributed by atoms with Crippen molar-refractivity contribution in [1.82, 2.24) is 0 Å². The number of halogens is 5. The van der Waals surface area contributed by atoms with Gasteiger partial charge in [-0.2, -0.15) is 30.4 Å². The molecule has 0 unspecified atom stereocenters. The molecule has 4 aromatic carbocycles. The third kappa shape index (κ3) is 9.44. The van der Waals surface area contributed by atoms with Crippen LogP contribution < -0.4 is 18.4 Å². The molecule has 6 rings (SSSR count). The Morgan fingerprint density at radius 3 is 1.50 bits per heavy atom. The van der Waals surface area contributed by atoms with Gasteiger partial charge in [0.05, 0.1) is 11.1 Å². The van der Waals surface area contributed by atoms with Crippen LogP contribution in [0.1, 0.15) is 113 Å². The summed E-state index contributed by atoms with van der Waals surface area (Å²) in [7, 11) is -5.82. The summed E-state index contributed by atoms with van der Waals surface area (Å²) >= 11 is 0. The van der Waals surface area contributed by atoms with Gasteiger partial charge in [-0.25, -0.2) is 0 Å². The molecule has 0 fully saturated rings. The standard InChI is InChI=1S/C22H25F3O4S.C22H26F2O2/c1-5-6-7-8-15-12-18-20(19(13-15)29-30(26,27)22(23,24)25)16-11-14(2)9-10-17(16)21(3,4)28-18;1-5-6-7-8-15-12-18(25-21(23)24)20-16-11-14(2)9-10-17(16)22(3,4)26-19(20)13-15/h9-13H,5-8H2,1-4H3;9-13,21H,5-8H2,1-4H3. The van der Waals surface area contributed by atoms with Gasteiger partial charge in [0.25, 0.3) is 0 Å². The molecular formula is C44H51F5O6S. The summed E-state index contributed by atoms with van der Waals surface area (Å²) in [6.45, 7) is 12.9. The van der Waals surface area contributed by atoms with Crippen LogP contribution in [0.2, 0.25) is 0 Å². The lowest BCUT2D eigenvalue weighted by molar-refractivity contribution is -0.0504. The Morgan fingerprint density at radius 1 is 0.661 bits per heavy atom. The van der Waals surface area contributed by atoms with E-state index in [4.69, 9.17) is 14.2 Å². The van der Waals surface area contributed by atoms with Crippen molar-refractivity contribution in [1.29, 1.82) is 0 Å². The van der Waals surface area contributed by atoms with Crippen LogP contribution in [0.25, 0.3) is 22.3 Å². The lowest BCUT2D eigenvalue weighted by atomic mass is 9.84. The van der Waals surface area contributed by atoms with E-state index in [0.717, 1.165) is 78.3 Å². The number of benzene rings is 4. The maximum atomic E-state index is 13.1. The first kappa shape index (κ1) is 42.8. The minimum absolute atomic E-state index is 0.200. The number of hydrogen-bond donors (Lipinski definition) is 0. The third-order valence-electron chi connectivity index (χ3n) is 10.0. The van der Waals surface area contributed by atoms with Crippen LogP contribution in [0, 0.1) is 13.8 Å². The van der Waals surface area contributed by atoms with Crippen molar-refractivity contribution in [3.05, 3.63) is 94.0 Å². The average Bonchev–Trinajstić information content (AvgIpc) is 3.06. The SMILES string of the molecule is CCCCCc1cc(OC(F)F)c2c(c1)OC(C)(C)c1ccc(C)cc1-2.CCCCCc1cc2c(c(OS(=O)(=O)C(F)(F)F)c1)-c1cc(C)ccc1C(C)(C)O2. The molecule has 0 bridgehead atoms. The number of alkyl halides is 5. The molecule has 0 saturated carbocycles. The van der Waals surface area contributed by atoms with Gasteiger partial charge in [-0.15, -0.1) is 0 Å². The predicted molar refractivity (Wildman–Crippen MR) is 209 cm³/mol. The first-order valence-electron chi connectivity index (χ1n) is 19.1. The van der Waals surface area contributed by atoms with Crippen molar-refractivity contribution in [2.75, 3.05) is 0 Å². The van der Waals surface area contributed by atoms with Crippen LogP contribution in [0.3, 0.4) is 0 Å². The van der Waals surface area contributed by atoms with E-state index in [9.17, 15) is 30.4 Å². The Morgan fingerprint density at radius 2 is 1.09 bits per heavy atom. The van der Waals surface area contributed by atoms with Gasteiger partial charge in [0, 0.05) is 11.1 Å². The molecule has 0 spiro atoms. The van der Waals surface area contributed by atoms with E-state index in [1.54, 1.807) is 12.1 Å². The number of ether oxygens (including phenoxy) is 3. The second kappa shape index (κ2) is 16.6. The van der Waals surface area contributed by atoms with Crippen molar-refractivity contribution in [2.45, 2.75) is 130 Å². The van der Waals surface area contributed by atoms with Crippen LogP contribution in [-0.4, -0.2) is 20.5 Å². The largest absolute Gasteiger partial charge is 0.534 e. The van der Waals surface area contributed by atoms with E-state index in [2.05, 4.69) is 11.1 Å². The molecule has 0 aromatic heterocycles. The van der Waals surface area contributed by atoms with E-state index in [1.807, 2.05) is 90.9 Å². The Balaban J connectivity index is 0.000000216. The number of unbranched alkanes of at least 4 members (excludes halogenated alkanes) is 4. The van der Waals surface area contributed by atoms with Crippen molar-refractivity contribution >= 4 is 10.1 Å². The molecule has 2 aliphatic heterocycles. The summed E-state index contributed by atoms with van der Waals surface area (Å²) in [6, 6.07) is 18.4. The Bertz CT molecular complexity index is 2140. The maximum Gasteiger partial charge on any atom is 0.534 e. The molecule has 12 heteroatoms. The van der Waals surface area contributed by atoms with Gasteiger partial charge in [0.2, 0.25) is 0 Å². The molecular weight excluding hydrogens is 752 g/mol. The summed E-state index contributed by atoms with van der Waals surface area (Å²) in [5.74, 6) is 0.780. The summed E-state index contributed by atoms with van der Waals surface area (Å²) in [5, 5.41) is 0. The Labute approximate surface area is 327 Å². The average molecular weight is 803 g/mol. The highest BCUT2D eigenvalue weighted by Crippen LogP contribution is 2.52. The van der Waals surface area contributed by atoms with Crippen molar-refractivity contribution in [2.24, 2.45) is 0 Å². The summed E-state index contributed by atoms with van der Waals surface area (Å²) in [6.07, 6.45) is 7.38. The highest BCUT2D eigenvalue weighted by molar-refractivity contribution is 7.88. The summed E-state index contributed by atoms with van der Waals surface area (Å²) in [5.41, 5.74) is 0.893. The number of aryl methyl sites for hydroxylation is 4. The van der Waals surface area contributed by atoms with E-state index in [1.165, 1.54) is 6.07 Å². The first-order chi connectivity index (χ1) is 26.2. The van der Waals surface area contributed by atoms with Crippen LogP contribution in [0.5, 0.6) is 23.0 Å². The topological polar surface area (TPSA) is 71.1 Å². The molecule has 0 N–H and O–H groups in total. The molecule has 0 amide bonds. The minimum Gasteiger partial charge on any atom is -0.482 e. The molecule has 56 heavy (non-hydrogen) atoms. The smallest absolute Gasteiger partial charge is 0.482 e. The monoisotopic (exact) mass is 802 g/mol. The van der Waals surface area contributed by atoms with Crippen LogP contribution in [-0.2, 0) is 34.2 Å². The van der Waals surface area contributed by atoms with Gasteiger partial charge in [0.1, 0.15) is 28.5 Å². The fourth-order valence-electron chi connectivity index (χ4n) is 7.29. The van der Waals surface area contributed by atoms with Crippen molar-refractivity contribution < 1.29 is 48.8 Å². The first-order valence-corrected chi connectivity index (χ1v) is 20.5. The minimum atomic E-state index is -5.82. The van der Waals surface area contributed by atoms with Gasteiger partial charge in [-0.3, -0.25) is 0 Å². The maximum absolute atomic E-state index is 13.1. The predicted octanol–water partition coefficient (Wildman–Crippen LogP) is 12.9. The van der Waals surface area contributed by atoms with Crippen molar-refractivity contribution in [3.8, 4) is 45.3 Å². The highest BCUT2D eigenvalue weighted by atomic mass is 32.2. The molecule has 0 saturated heterocycles. The normalized spacial score (nSPS) is 14.9. The second-order valence-corrected chi connectivity index (χ2v) is 17.1. The fraction of sp³-hybridized carbons (Fsp3) is 0.455. The van der Waals surface area contributed by atoms with E-state index in [0.29, 0.717) is 34.6 Å². The summed E-state index contributed by atoms with van der Waals surface area (Å²) < 4.78 is 111. The molecule has 2 heterocycles. The molecule has 0 aliphatic carbocycles. The molecule has 4 aromatic rings. The lowest BCUT2D eigenvalue weighted by Crippen LogP contribution is -2.31. The lowest BCUT2D eigenvalue weighted by Gasteiger charge is -2.36. The Hall–Kier alpha value is -4.32. The van der Waals surface area contributed by atoms with Gasteiger partial charge in [-0.1, -0.05) is 87.1 Å². The zero-order valence-electron chi connectivity index (χ0n) is 33.3. The van der Waals surface area contributed by atoms with Gasteiger partial charge in [0.15, 0.2) is 5.75 Å². The molecule has 2 aliphatic rings. The molecule has 6 nitrogen and oxygen atoms in total. The van der Waals surface area contributed by atoms with E-state index < -0.39 is 33.4 Å². The quantitative estimate of drug-likeness (QED) is 0.0615. The molecule has 0 atom stereocenters. The van der Waals surface area contributed by atoms with E-state index >= 15 is 0 Å². The molecule has 0 radical (unpaired) electrons. The zero-order valence-corrected chi connectivity index (χ0v) is 34.1. The number of hydrogen-bond acceptors (Lipinski definition) is 6.